The molecule has 1 aromatic heterocycles. The summed E-state index contributed by atoms with van der Waals surface area (Å²) in [5.74, 6) is 1.11. The Balaban J connectivity index is 1.58. The molecule has 0 radical (unpaired) electrons. The van der Waals surface area contributed by atoms with Crippen LogP contribution >= 0.6 is 11.8 Å². The second-order valence-corrected chi connectivity index (χ2v) is 7.35. The summed E-state index contributed by atoms with van der Waals surface area (Å²) in [6.45, 7) is 4.44. The van der Waals surface area contributed by atoms with Crippen LogP contribution < -0.4 is 15.4 Å². The summed E-state index contributed by atoms with van der Waals surface area (Å²) in [6, 6.07) is 16.1. The van der Waals surface area contributed by atoms with Gasteiger partial charge >= 0.3 is 0 Å². The zero-order chi connectivity index (χ0) is 22.1. The Kier molecular flexibility index (Phi) is 7.83. The van der Waals surface area contributed by atoms with E-state index < -0.39 is 0 Å². The molecular formula is C22H23N5O3S. The number of benzene rings is 2. The van der Waals surface area contributed by atoms with E-state index in [9.17, 15) is 9.59 Å². The molecule has 8 nitrogen and oxygen atoms in total. The molecule has 0 bridgehead atoms. The van der Waals surface area contributed by atoms with Gasteiger partial charge in [-0.3, -0.25) is 9.59 Å². The summed E-state index contributed by atoms with van der Waals surface area (Å²) < 4.78 is 6.93. The van der Waals surface area contributed by atoms with Crippen molar-refractivity contribution in [2.75, 3.05) is 18.2 Å². The fourth-order valence-electron chi connectivity index (χ4n) is 2.72. The average molecular weight is 438 g/mol. The highest BCUT2D eigenvalue weighted by atomic mass is 32.2. The fourth-order valence-corrected chi connectivity index (χ4v) is 3.49. The summed E-state index contributed by atoms with van der Waals surface area (Å²) in [5, 5.41) is 14.6. The van der Waals surface area contributed by atoms with Crippen LogP contribution in [0.2, 0.25) is 0 Å². The van der Waals surface area contributed by atoms with Crippen molar-refractivity contribution in [3.63, 3.8) is 0 Å². The highest BCUT2D eigenvalue weighted by molar-refractivity contribution is 7.99. The minimum atomic E-state index is -0.193. The number of nitrogens with one attached hydrogen (secondary N) is 2. The third-order valence-electron chi connectivity index (χ3n) is 4.25. The summed E-state index contributed by atoms with van der Waals surface area (Å²) in [4.78, 5) is 24.6. The van der Waals surface area contributed by atoms with Crippen LogP contribution in [0.5, 0.6) is 5.75 Å². The van der Waals surface area contributed by atoms with E-state index in [2.05, 4.69) is 27.4 Å². The molecular weight excluding hydrogens is 414 g/mol. The number of carbonyl (C=O) groups is 2. The van der Waals surface area contributed by atoms with Gasteiger partial charge in [0.2, 0.25) is 5.91 Å². The molecule has 3 rings (SSSR count). The van der Waals surface area contributed by atoms with Crippen molar-refractivity contribution >= 4 is 29.3 Å². The smallest absolute Gasteiger partial charge is 0.251 e. The van der Waals surface area contributed by atoms with E-state index >= 15 is 0 Å². The van der Waals surface area contributed by atoms with Gasteiger partial charge in [-0.05, 0) is 36.4 Å². The van der Waals surface area contributed by atoms with Crippen molar-refractivity contribution in [1.29, 1.82) is 0 Å². The van der Waals surface area contributed by atoms with Crippen LogP contribution in [0.4, 0.5) is 5.69 Å². The number of allylic oxidation sites excluding steroid dienone is 1. The third kappa shape index (κ3) is 6.19. The number of amides is 2. The van der Waals surface area contributed by atoms with Gasteiger partial charge in [0.15, 0.2) is 11.0 Å². The van der Waals surface area contributed by atoms with Crippen LogP contribution in [0.15, 0.2) is 72.4 Å². The predicted octanol–water partition coefficient (Wildman–Crippen LogP) is 3.13. The fraction of sp³-hybridized carbons (Fsp3) is 0.182. The highest BCUT2D eigenvalue weighted by Gasteiger charge is 2.15. The lowest BCUT2D eigenvalue weighted by atomic mass is 10.2. The molecule has 9 heteroatoms. The topological polar surface area (TPSA) is 98.1 Å². The first kappa shape index (κ1) is 22.1. The lowest BCUT2D eigenvalue weighted by Crippen LogP contribution is -2.24. The molecule has 0 saturated carbocycles. The number of hydrogen-bond donors (Lipinski definition) is 2. The van der Waals surface area contributed by atoms with E-state index in [0.717, 1.165) is 5.75 Å². The Morgan fingerprint density at radius 1 is 1.13 bits per heavy atom. The van der Waals surface area contributed by atoms with E-state index in [0.29, 0.717) is 28.8 Å². The maximum absolute atomic E-state index is 12.3. The van der Waals surface area contributed by atoms with Crippen LogP contribution in [0.3, 0.4) is 0 Å². The van der Waals surface area contributed by atoms with Gasteiger partial charge in [0.05, 0.1) is 19.4 Å². The molecule has 0 aliphatic rings. The summed E-state index contributed by atoms with van der Waals surface area (Å²) >= 11 is 1.27. The molecule has 0 atom stereocenters. The number of methoxy groups -OCH3 is 1. The van der Waals surface area contributed by atoms with Crippen molar-refractivity contribution in [2.45, 2.75) is 18.2 Å². The Labute approximate surface area is 184 Å². The lowest BCUT2D eigenvalue weighted by Gasteiger charge is -2.09. The molecule has 0 fully saturated rings. The predicted molar refractivity (Wildman–Crippen MR) is 120 cm³/mol. The van der Waals surface area contributed by atoms with E-state index in [-0.39, 0.29) is 24.1 Å². The maximum Gasteiger partial charge on any atom is 0.251 e. The Bertz CT molecular complexity index is 1040. The average Bonchev–Trinajstić information content (AvgIpc) is 3.19. The van der Waals surface area contributed by atoms with Gasteiger partial charge in [-0.15, -0.1) is 16.8 Å². The molecule has 3 aromatic rings. The number of thioether (sulfide) groups is 1. The van der Waals surface area contributed by atoms with Crippen molar-refractivity contribution in [2.24, 2.45) is 0 Å². The lowest BCUT2D eigenvalue weighted by molar-refractivity contribution is -0.113. The normalized spacial score (nSPS) is 10.4. The molecule has 2 aromatic carbocycles. The standard InChI is InChI=1S/C22H23N5O3S/c1-3-13-27-19(14-23-21(29)16-7-5-4-6-8-16)25-26-22(27)31-15-20(28)24-17-9-11-18(30-2)12-10-17/h3-12H,1,13-15H2,2H3,(H,23,29)(H,24,28). The van der Waals surface area contributed by atoms with Gasteiger partial charge in [-0.2, -0.15) is 0 Å². The third-order valence-corrected chi connectivity index (χ3v) is 5.22. The largest absolute Gasteiger partial charge is 0.497 e. The first-order valence-electron chi connectivity index (χ1n) is 9.53. The number of hydrogen-bond acceptors (Lipinski definition) is 6. The van der Waals surface area contributed by atoms with Crippen LogP contribution in [0.1, 0.15) is 16.2 Å². The molecule has 0 aliphatic carbocycles. The minimum absolute atomic E-state index is 0.164. The number of ether oxygens (including phenoxy) is 1. The quantitative estimate of drug-likeness (QED) is 0.374. The number of anilines is 1. The molecule has 31 heavy (non-hydrogen) atoms. The number of carbonyl (C=O) groups excluding carboxylic acids is 2. The van der Waals surface area contributed by atoms with Crippen LogP contribution in [0, 0.1) is 0 Å². The monoisotopic (exact) mass is 437 g/mol. The first-order chi connectivity index (χ1) is 15.1. The van der Waals surface area contributed by atoms with Crippen LogP contribution in [0.25, 0.3) is 0 Å². The maximum atomic E-state index is 12.3. The van der Waals surface area contributed by atoms with Crippen LogP contribution in [-0.2, 0) is 17.9 Å². The van der Waals surface area contributed by atoms with Gasteiger partial charge in [-0.25, -0.2) is 0 Å². The van der Waals surface area contributed by atoms with Crippen LogP contribution in [-0.4, -0.2) is 39.4 Å². The highest BCUT2D eigenvalue weighted by Crippen LogP contribution is 2.19. The van der Waals surface area contributed by atoms with Crippen molar-refractivity contribution in [3.05, 3.63) is 78.6 Å². The van der Waals surface area contributed by atoms with E-state index in [1.165, 1.54) is 11.8 Å². The minimum Gasteiger partial charge on any atom is -0.497 e. The molecule has 0 unspecified atom stereocenters. The zero-order valence-electron chi connectivity index (χ0n) is 17.1. The van der Waals surface area contributed by atoms with E-state index in [1.54, 1.807) is 61.7 Å². The van der Waals surface area contributed by atoms with Gasteiger partial charge in [0.25, 0.3) is 5.91 Å². The first-order valence-corrected chi connectivity index (χ1v) is 10.5. The number of rotatable bonds is 10. The Morgan fingerprint density at radius 2 is 1.87 bits per heavy atom. The molecule has 2 N–H and O–H groups in total. The SMILES string of the molecule is C=CCn1c(CNC(=O)c2ccccc2)nnc1SCC(=O)Nc1ccc(OC)cc1. The Morgan fingerprint density at radius 3 is 2.55 bits per heavy atom. The molecule has 0 aliphatic heterocycles. The number of nitrogens with zero attached hydrogens (tertiary/aromatic N) is 3. The second kappa shape index (κ2) is 11.0. The Hall–Kier alpha value is -3.59. The van der Waals surface area contributed by atoms with Crippen molar-refractivity contribution in [3.8, 4) is 5.75 Å². The van der Waals surface area contributed by atoms with E-state index in [4.69, 9.17) is 4.74 Å². The van der Waals surface area contributed by atoms with Gasteiger partial charge < -0.3 is 19.9 Å². The molecule has 2 amide bonds. The summed E-state index contributed by atoms with van der Waals surface area (Å²) in [7, 11) is 1.59. The zero-order valence-corrected chi connectivity index (χ0v) is 17.9. The second-order valence-electron chi connectivity index (χ2n) is 6.41. The summed E-state index contributed by atoms with van der Waals surface area (Å²) in [6.07, 6.45) is 1.72. The molecule has 0 spiro atoms. The van der Waals surface area contributed by atoms with Gasteiger partial charge in [-0.1, -0.05) is 36.0 Å². The molecule has 0 saturated heterocycles. The van der Waals surface area contributed by atoms with Crippen molar-refractivity contribution < 1.29 is 14.3 Å². The number of aromatic nitrogens is 3. The van der Waals surface area contributed by atoms with Gasteiger partial charge in [0, 0.05) is 17.8 Å². The summed E-state index contributed by atoms with van der Waals surface area (Å²) in [5.41, 5.74) is 1.25. The molecule has 160 valence electrons. The molecule has 1 heterocycles. The van der Waals surface area contributed by atoms with Gasteiger partial charge in [0.1, 0.15) is 5.75 Å². The van der Waals surface area contributed by atoms with E-state index in [1.807, 2.05) is 10.6 Å². The van der Waals surface area contributed by atoms with Crippen molar-refractivity contribution in [1.82, 2.24) is 20.1 Å².